The Balaban J connectivity index is 1.61. The summed E-state index contributed by atoms with van der Waals surface area (Å²) in [6.07, 6.45) is 2.49. The summed E-state index contributed by atoms with van der Waals surface area (Å²) in [6, 6.07) is 16.4. The topological polar surface area (TPSA) is 51.0 Å². The molecular formula is C23H24N4OS. The van der Waals surface area contributed by atoms with Crippen LogP contribution < -0.4 is 0 Å². The van der Waals surface area contributed by atoms with Gasteiger partial charge in [0.2, 0.25) is 0 Å². The van der Waals surface area contributed by atoms with E-state index in [9.17, 15) is 4.79 Å². The maximum Gasteiger partial charge on any atom is 0.255 e. The number of aryl methyl sites for hydroxylation is 3. The Morgan fingerprint density at radius 3 is 2.66 bits per heavy atom. The van der Waals surface area contributed by atoms with Gasteiger partial charge >= 0.3 is 0 Å². The fraction of sp³-hybridized carbons (Fsp3) is 0.261. The van der Waals surface area contributed by atoms with Gasteiger partial charge < -0.3 is 4.90 Å². The number of benzene rings is 1. The second-order valence-electron chi connectivity index (χ2n) is 7.28. The monoisotopic (exact) mass is 404 g/mol. The van der Waals surface area contributed by atoms with Crippen LogP contribution in [0.5, 0.6) is 0 Å². The summed E-state index contributed by atoms with van der Waals surface area (Å²) in [5, 5.41) is 5.34. The number of rotatable bonds is 6. The smallest absolute Gasteiger partial charge is 0.255 e. The zero-order valence-corrected chi connectivity index (χ0v) is 17.7. The summed E-state index contributed by atoms with van der Waals surface area (Å²) in [7, 11) is 1.87. The number of thiophene rings is 1. The van der Waals surface area contributed by atoms with Crippen molar-refractivity contribution in [3.63, 3.8) is 0 Å². The van der Waals surface area contributed by atoms with Crippen LogP contribution in [0.2, 0.25) is 0 Å². The van der Waals surface area contributed by atoms with Gasteiger partial charge in [-0.25, -0.2) is 4.98 Å². The van der Waals surface area contributed by atoms with Crippen molar-refractivity contribution in [1.82, 2.24) is 19.7 Å². The average molecular weight is 405 g/mol. The van der Waals surface area contributed by atoms with Crippen LogP contribution in [0.1, 0.15) is 31.4 Å². The molecule has 6 heteroatoms. The van der Waals surface area contributed by atoms with E-state index in [-0.39, 0.29) is 5.91 Å². The molecule has 3 aromatic heterocycles. The largest absolute Gasteiger partial charge is 0.333 e. The predicted octanol–water partition coefficient (Wildman–Crippen LogP) is 4.53. The lowest BCUT2D eigenvalue weighted by molar-refractivity contribution is 0.0746. The summed E-state index contributed by atoms with van der Waals surface area (Å²) >= 11 is 1.74. The van der Waals surface area contributed by atoms with Crippen LogP contribution in [0.15, 0.2) is 54.7 Å². The highest BCUT2D eigenvalue weighted by Gasteiger charge is 2.19. The van der Waals surface area contributed by atoms with Gasteiger partial charge in [0, 0.05) is 34.9 Å². The van der Waals surface area contributed by atoms with E-state index in [1.165, 1.54) is 15.3 Å². The van der Waals surface area contributed by atoms with E-state index in [1.54, 1.807) is 22.2 Å². The lowest BCUT2D eigenvalue weighted by Gasteiger charge is -2.22. The Labute approximate surface area is 174 Å². The van der Waals surface area contributed by atoms with Crippen molar-refractivity contribution in [2.24, 2.45) is 7.05 Å². The highest BCUT2D eigenvalue weighted by molar-refractivity contribution is 7.11. The molecule has 0 bridgehead atoms. The maximum absolute atomic E-state index is 13.4. The Kier molecular flexibility index (Phi) is 5.45. The van der Waals surface area contributed by atoms with Crippen molar-refractivity contribution >= 4 is 28.3 Å². The number of carbonyl (C=O) groups is 1. The molecule has 0 saturated carbocycles. The van der Waals surface area contributed by atoms with E-state index in [0.29, 0.717) is 18.7 Å². The zero-order chi connectivity index (χ0) is 20.4. The number of amides is 1. The molecule has 0 unspecified atom stereocenters. The molecule has 0 N–H and O–H groups in total. The normalized spacial score (nSPS) is 11.1. The maximum atomic E-state index is 13.4. The molecule has 4 rings (SSSR count). The summed E-state index contributed by atoms with van der Waals surface area (Å²) in [5.74, 6) is 0.00429. The first-order chi connectivity index (χ1) is 14.0. The van der Waals surface area contributed by atoms with Gasteiger partial charge in [-0.2, -0.15) is 5.10 Å². The predicted molar refractivity (Wildman–Crippen MR) is 117 cm³/mol. The van der Waals surface area contributed by atoms with Gasteiger partial charge in [-0.3, -0.25) is 9.48 Å². The molecule has 148 valence electrons. The van der Waals surface area contributed by atoms with E-state index >= 15 is 0 Å². The van der Waals surface area contributed by atoms with E-state index in [2.05, 4.69) is 41.3 Å². The number of hydrogen-bond acceptors (Lipinski definition) is 4. The molecule has 0 aliphatic heterocycles. The molecule has 0 saturated heterocycles. The first kappa shape index (κ1) is 19.3. The van der Waals surface area contributed by atoms with Gasteiger partial charge in [-0.1, -0.05) is 30.3 Å². The van der Waals surface area contributed by atoms with Crippen molar-refractivity contribution in [1.29, 1.82) is 0 Å². The minimum absolute atomic E-state index is 0.00429. The van der Waals surface area contributed by atoms with Crippen LogP contribution in [0.25, 0.3) is 11.0 Å². The molecule has 1 amide bonds. The average Bonchev–Trinajstić information content (AvgIpc) is 3.27. The molecule has 0 spiro atoms. The highest BCUT2D eigenvalue weighted by atomic mass is 32.1. The summed E-state index contributed by atoms with van der Waals surface area (Å²) < 4.78 is 1.75. The highest BCUT2D eigenvalue weighted by Crippen LogP contribution is 2.21. The zero-order valence-electron chi connectivity index (χ0n) is 16.9. The number of hydrogen-bond donors (Lipinski definition) is 0. The molecule has 0 aliphatic carbocycles. The third-order valence-electron chi connectivity index (χ3n) is 5.05. The molecule has 1 aromatic carbocycles. The summed E-state index contributed by atoms with van der Waals surface area (Å²) in [6.45, 7) is 5.30. The van der Waals surface area contributed by atoms with Crippen LogP contribution in [0.4, 0.5) is 0 Å². The molecule has 4 aromatic rings. The SMILES string of the molecule is Cc1ccc(CN(CCc2ccccc2)C(=O)c2cnc3c(c2)c(C)nn3C)s1. The quantitative estimate of drug-likeness (QED) is 0.474. The van der Waals surface area contributed by atoms with Crippen molar-refractivity contribution in [2.75, 3.05) is 6.54 Å². The van der Waals surface area contributed by atoms with Crippen molar-refractivity contribution in [3.05, 3.63) is 81.3 Å². The summed E-state index contributed by atoms with van der Waals surface area (Å²) in [4.78, 5) is 22.3. The Morgan fingerprint density at radius 1 is 1.14 bits per heavy atom. The van der Waals surface area contributed by atoms with E-state index < -0.39 is 0 Å². The van der Waals surface area contributed by atoms with Crippen molar-refractivity contribution < 1.29 is 4.79 Å². The van der Waals surface area contributed by atoms with Crippen molar-refractivity contribution in [3.8, 4) is 0 Å². The first-order valence-electron chi connectivity index (χ1n) is 9.69. The summed E-state index contributed by atoms with van der Waals surface area (Å²) in [5.41, 5.74) is 3.51. The van der Waals surface area contributed by atoms with Crippen LogP contribution in [0, 0.1) is 13.8 Å². The lowest BCUT2D eigenvalue weighted by atomic mass is 10.1. The lowest BCUT2D eigenvalue weighted by Crippen LogP contribution is -2.32. The standard InChI is InChI=1S/C23H24N4OS/c1-16-9-10-20(29-16)15-27(12-11-18-7-5-4-6-8-18)23(28)19-13-21-17(2)25-26(3)22(21)24-14-19/h4-10,13-14H,11-12,15H2,1-3H3. The molecule has 0 radical (unpaired) electrons. The molecule has 0 atom stereocenters. The van der Waals surface area contributed by atoms with Crippen LogP contribution in [-0.2, 0) is 20.0 Å². The molecular weight excluding hydrogens is 380 g/mol. The van der Waals surface area contributed by atoms with Crippen molar-refractivity contribution in [2.45, 2.75) is 26.8 Å². The third-order valence-corrected chi connectivity index (χ3v) is 6.04. The Morgan fingerprint density at radius 2 is 1.93 bits per heavy atom. The second kappa shape index (κ2) is 8.17. The first-order valence-corrected chi connectivity index (χ1v) is 10.5. The molecule has 0 fully saturated rings. The Hall–Kier alpha value is -2.99. The van der Waals surface area contributed by atoms with Gasteiger partial charge in [0.05, 0.1) is 17.8 Å². The molecule has 5 nitrogen and oxygen atoms in total. The molecule has 0 aliphatic rings. The number of aromatic nitrogens is 3. The fourth-order valence-electron chi connectivity index (χ4n) is 3.53. The van der Waals surface area contributed by atoms with E-state index in [4.69, 9.17) is 0 Å². The van der Waals surface area contributed by atoms with Gasteiger partial charge in [-0.15, -0.1) is 11.3 Å². The van der Waals surface area contributed by atoms with E-state index in [1.807, 2.05) is 43.1 Å². The fourth-order valence-corrected chi connectivity index (χ4v) is 4.43. The van der Waals surface area contributed by atoms with Gasteiger partial charge in [0.25, 0.3) is 5.91 Å². The van der Waals surface area contributed by atoms with Crippen LogP contribution in [-0.4, -0.2) is 32.1 Å². The second-order valence-corrected chi connectivity index (χ2v) is 8.65. The van der Waals surface area contributed by atoms with Gasteiger partial charge in [0.1, 0.15) is 0 Å². The minimum atomic E-state index is 0.00429. The minimum Gasteiger partial charge on any atom is -0.333 e. The van der Waals surface area contributed by atoms with Crippen LogP contribution >= 0.6 is 11.3 Å². The van der Waals surface area contributed by atoms with Crippen LogP contribution in [0.3, 0.4) is 0 Å². The Bertz CT molecular complexity index is 1150. The molecule has 3 heterocycles. The van der Waals surface area contributed by atoms with Gasteiger partial charge in [-0.05, 0) is 44.0 Å². The number of nitrogens with zero attached hydrogens (tertiary/aromatic N) is 4. The number of fused-ring (bicyclic) bond motifs is 1. The third kappa shape index (κ3) is 4.22. The number of pyridine rings is 1. The van der Waals surface area contributed by atoms with E-state index in [0.717, 1.165) is 23.1 Å². The van der Waals surface area contributed by atoms with Gasteiger partial charge in [0.15, 0.2) is 5.65 Å². The molecule has 29 heavy (non-hydrogen) atoms. The number of carbonyl (C=O) groups excluding carboxylic acids is 1.